The number of rotatable bonds is 7. The molecule has 0 fully saturated rings. The summed E-state index contributed by atoms with van der Waals surface area (Å²) in [6.45, 7) is 0.708. The first kappa shape index (κ1) is 15.7. The van der Waals surface area contributed by atoms with Crippen LogP contribution in [0.3, 0.4) is 0 Å². The van der Waals surface area contributed by atoms with Gasteiger partial charge in [-0.05, 0) is 36.6 Å². The standard InChI is InChI=1S/C17H19N3O2S/c1-21-16-10-12(22-8-3-9-23-2)4-5-13(16)17-19-14-6-7-18-11-15(14)20-17/h4-7,10-11H,3,8-9H2,1-2H3,(H,19,20). The van der Waals surface area contributed by atoms with Gasteiger partial charge in [0.15, 0.2) is 0 Å². The number of methoxy groups -OCH3 is 1. The first-order valence-corrected chi connectivity index (χ1v) is 8.81. The summed E-state index contributed by atoms with van der Waals surface area (Å²) in [6.07, 6.45) is 6.61. The van der Waals surface area contributed by atoms with Crippen molar-refractivity contribution in [2.45, 2.75) is 6.42 Å². The molecule has 0 bridgehead atoms. The number of nitrogens with one attached hydrogen (secondary N) is 1. The number of pyridine rings is 1. The smallest absolute Gasteiger partial charge is 0.142 e. The van der Waals surface area contributed by atoms with E-state index < -0.39 is 0 Å². The third-order valence-corrected chi connectivity index (χ3v) is 4.17. The van der Waals surface area contributed by atoms with Crippen LogP contribution < -0.4 is 9.47 Å². The van der Waals surface area contributed by atoms with Crippen LogP contribution in [-0.4, -0.2) is 40.7 Å². The van der Waals surface area contributed by atoms with Gasteiger partial charge in [-0.1, -0.05) is 0 Å². The van der Waals surface area contributed by atoms with Gasteiger partial charge in [0, 0.05) is 12.3 Å². The second-order valence-electron chi connectivity index (χ2n) is 5.04. The first-order valence-electron chi connectivity index (χ1n) is 7.41. The molecule has 0 aliphatic carbocycles. The molecule has 0 aliphatic heterocycles. The van der Waals surface area contributed by atoms with Crippen LogP contribution in [-0.2, 0) is 0 Å². The van der Waals surface area contributed by atoms with Gasteiger partial charge in [0.05, 0.1) is 31.0 Å². The van der Waals surface area contributed by atoms with Gasteiger partial charge in [0.2, 0.25) is 0 Å². The van der Waals surface area contributed by atoms with E-state index >= 15 is 0 Å². The number of hydrogen-bond donors (Lipinski definition) is 1. The molecular weight excluding hydrogens is 310 g/mol. The number of benzene rings is 1. The average Bonchev–Trinajstić information content (AvgIpc) is 3.02. The molecule has 120 valence electrons. The molecule has 0 unspecified atom stereocenters. The van der Waals surface area contributed by atoms with Crippen LogP contribution >= 0.6 is 11.8 Å². The molecule has 1 aromatic carbocycles. The average molecular weight is 329 g/mol. The van der Waals surface area contributed by atoms with Crippen LogP contribution in [0.15, 0.2) is 36.7 Å². The number of aromatic nitrogens is 3. The van der Waals surface area contributed by atoms with Crippen molar-refractivity contribution in [1.82, 2.24) is 15.0 Å². The van der Waals surface area contributed by atoms with Crippen LogP contribution in [0.2, 0.25) is 0 Å². The molecule has 0 atom stereocenters. The maximum Gasteiger partial charge on any atom is 0.142 e. The van der Waals surface area contributed by atoms with E-state index in [1.54, 1.807) is 19.5 Å². The number of ether oxygens (including phenoxy) is 2. The summed E-state index contributed by atoms with van der Waals surface area (Å²) in [5, 5.41) is 0. The molecule has 3 aromatic rings. The maximum absolute atomic E-state index is 5.77. The first-order chi connectivity index (χ1) is 11.3. The Hall–Kier alpha value is -2.21. The monoisotopic (exact) mass is 329 g/mol. The normalized spacial score (nSPS) is 10.9. The van der Waals surface area contributed by atoms with Crippen LogP contribution in [0.4, 0.5) is 0 Å². The predicted molar refractivity (Wildman–Crippen MR) is 94.4 cm³/mol. The highest BCUT2D eigenvalue weighted by Gasteiger charge is 2.12. The molecule has 0 saturated heterocycles. The van der Waals surface area contributed by atoms with Crippen molar-refractivity contribution in [1.29, 1.82) is 0 Å². The van der Waals surface area contributed by atoms with E-state index in [0.717, 1.165) is 46.1 Å². The molecule has 0 radical (unpaired) electrons. The number of imidazole rings is 1. The molecule has 1 N–H and O–H groups in total. The van der Waals surface area contributed by atoms with Crippen molar-refractivity contribution < 1.29 is 9.47 Å². The van der Waals surface area contributed by atoms with Gasteiger partial charge in [-0.2, -0.15) is 11.8 Å². The van der Waals surface area contributed by atoms with E-state index in [-0.39, 0.29) is 0 Å². The van der Waals surface area contributed by atoms with Gasteiger partial charge in [0.1, 0.15) is 22.8 Å². The Morgan fingerprint density at radius 1 is 1.26 bits per heavy atom. The molecule has 0 amide bonds. The molecule has 23 heavy (non-hydrogen) atoms. The fraction of sp³-hybridized carbons (Fsp3) is 0.294. The zero-order valence-electron chi connectivity index (χ0n) is 13.2. The van der Waals surface area contributed by atoms with Gasteiger partial charge in [0.25, 0.3) is 0 Å². The Bertz CT molecular complexity index is 755. The fourth-order valence-electron chi connectivity index (χ4n) is 2.33. The summed E-state index contributed by atoms with van der Waals surface area (Å²) in [5.41, 5.74) is 2.69. The van der Waals surface area contributed by atoms with Crippen LogP contribution in [0.1, 0.15) is 6.42 Å². The molecule has 3 rings (SSSR count). The van der Waals surface area contributed by atoms with E-state index in [0.29, 0.717) is 6.61 Å². The summed E-state index contributed by atoms with van der Waals surface area (Å²) >= 11 is 1.82. The zero-order chi connectivity index (χ0) is 16.1. The highest BCUT2D eigenvalue weighted by molar-refractivity contribution is 7.98. The Morgan fingerprint density at radius 3 is 2.96 bits per heavy atom. The van der Waals surface area contributed by atoms with E-state index in [4.69, 9.17) is 9.47 Å². The van der Waals surface area contributed by atoms with E-state index in [2.05, 4.69) is 21.2 Å². The van der Waals surface area contributed by atoms with Gasteiger partial charge in [-0.25, -0.2) is 4.98 Å². The molecule has 5 nitrogen and oxygen atoms in total. The van der Waals surface area contributed by atoms with Gasteiger partial charge in [-0.15, -0.1) is 0 Å². The molecule has 2 aromatic heterocycles. The van der Waals surface area contributed by atoms with Gasteiger partial charge in [-0.3, -0.25) is 4.98 Å². The minimum Gasteiger partial charge on any atom is -0.496 e. The van der Waals surface area contributed by atoms with Crippen LogP contribution in [0.5, 0.6) is 11.5 Å². The molecule has 0 saturated carbocycles. The lowest BCUT2D eigenvalue weighted by atomic mass is 10.2. The van der Waals surface area contributed by atoms with Crippen molar-refractivity contribution in [2.75, 3.05) is 25.7 Å². The molecule has 2 heterocycles. The molecule has 0 spiro atoms. The third kappa shape index (κ3) is 3.59. The second-order valence-corrected chi connectivity index (χ2v) is 6.02. The lowest BCUT2D eigenvalue weighted by Crippen LogP contribution is -1.99. The summed E-state index contributed by atoms with van der Waals surface area (Å²) in [7, 11) is 1.65. The number of H-pyrrole nitrogens is 1. The summed E-state index contributed by atoms with van der Waals surface area (Å²) in [6, 6.07) is 7.72. The molecule has 6 heteroatoms. The number of hydrogen-bond acceptors (Lipinski definition) is 5. The minimum absolute atomic E-state index is 0.708. The minimum atomic E-state index is 0.708. The van der Waals surface area contributed by atoms with Crippen LogP contribution in [0, 0.1) is 0 Å². The van der Waals surface area contributed by atoms with Crippen molar-refractivity contribution in [3.63, 3.8) is 0 Å². The second kappa shape index (κ2) is 7.37. The van der Waals surface area contributed by atoms with Gasteiger partial charge < -0.3 is 14.5 Å². The summed E-state index contributed by atoms with van der Waals surface area (Å²) in [4.78, 5) is 11.9. The largest absolute Gasteiger partial charge is 0.496 e. The number of fused-ring (bicyclic) bond motifs is 1. The predicted octanol–water partition coefficient (Wildman–Crippen LogP) is 3.77. The maximum atomic E-state index is 5.77. The van der Waals surface area contributed by atoms with E-state index in [1.807, 2.05) is 36.0 Å². The Kier molecular flexibility index (Phi) is 5.02. The SMILES string of the molecule is COc1cc(OCCCSC)ccc1-c1nc2cnccc2[nH]1. The Morgan fingerprint density at radius 2 is 2.17 bits per heavy atom. The van der Waals surface area contributed by atoms with Gasteiger partial charge >= 0.3 is 0 Å². The lowest BCUT2D eigenvalue weighted by Gasteiger charge is -2.10. The number of thioether (sulfide) groups is 1. The molecular formula is C17H19N3O2S. The fourth-order valence-corrected chi connectivity index (χ4v) is 2.74. The molecule has 0 aliphatic rings. The number of aromatic amines is 1. The summed E-state index contributed by atoms with van der Waals surface area (Å²) < 4.78 is 11.3. The number of nitrogens with zero attached hydrogens (tertiary/aromatic N) is 2. The highest BCUT2D eigenvalue weighted by atomic mass is 32.2. The quantitative estimate of drug-likeness (QED) is 0.669. The van der Waals surface area contributed by atoms with Crippen LogP contribution in [0.25, 0.3) is 22.4 Å². The van der Waals surface area contributed by atoms with Crippen molar-refractivity contribution >= 4 is 22.8 Å². The van der Waals surface area contributed by atoms with Crippen molar-refractivity contribution in [2.24, 2.45) is 0 Å². The van der Waals surface area contributed by atoms with E-state index in [1.165, 1.54) is 0 Å². The lowest BCUT2D eigenvalue weighted by molar-refractivity contribution is 0.316. The third-order valence-electron chi connectivity index (χ3n) is 3.48. The Labute approximate surface area is 139 Å². The van der Waals surface area contributed by atoms with Crippen molar-refractivity contribution in [3.05, 3.63) is 36.7 Å². The van der Waals surface area contributed by atoms with E-state index in [9.17, 15) is 0 Å². The highest BCUT2D eigenvalue weighted by Crippen LogP contribution is 2.32. The van der Waals surface area contributed by atoms with Crippen molar-refractivity contribution in [3.8, 4) is 22.9 Å². The zero-order valence-corrected chi connectivity index (χ0v) is 14.0. The topological polar surface area (TPSA) is 60.0 Å². The summed E-state index contributed by atoms with van der Waals surface area (Å²) in [5.74, 6) is 3.41. The Balaban J connectivity index is 1.84.